The maximum atomic E-state index is 5.63. The van der Waals surface area contributed by atoms with E-state index in [0.717, 1.165) is 0 Å². The monoisotopic (exact) mass is 234 g/mol. The van der Waals surface area contributed by atoms with E-state index in [0.29, 0.717) is 11.9 Å². The van der Waals surface area contributed by atoms with Crippen LogP contribution in [0, 0.1) is 5.92 Å². The molecule has 0 saturated heterocycles. The van der Waals surface area contributed by atoms with Crippen LogP contribution < -0.4 is 5.32 Å². The molecule has 1 aromatic heterocycles. The molecule has 1 N–H and O–H groups in total. The molecule has 0 amide bonds. The molecule has 0 aliphatic heterocycles. The predicted octanol–water partition coefficient (Wildman–Crippen LogP) is 2.63. The zero-order valence-corrected chi connectivity index (χ0v) is 9.76. The second-order valence-electron chi connectivity index (χ2n) is 3.37. The topological polar surface area (TPSA) is 50.7 Å². The van der Waals surface area contributed by atoms with E-state index in [1.165, 1.54) is 0 Å². The lowest BCUT2D eigenvalue weighted by Gasteiger charge is -2.16. The first-order valence-electron chi connectivity index (χ1n) is 4.32. The zero-order valence-electron chi connectivity index (χ0n) is 8.25. The second-order valence-corrected chi connectivity index (χ2v) is 4.05. The third kappa shape index (κ3) is 3.27. The van der Waals surface area contributed by atoms with Gasteiger partial charge in [0.25, 0.3) is 0 Å². The van der Waals surface area contributed by atoms with Gasteiger partial charge in [-0.3, -0.25) is 0 Å². The first-order valence-corrected chi connectivity index (χ1v) is 5.08. The molecule has 14 heavy (non-hydrogen) atoms. The summed E-state index contributed by atoms with van der Waals surface area (Å²) < 4.78 is 0. The normalized spacial score (nSPS) is 13.0. The number of hydrogen-bond acceptors (Lipinski definition) is 4. The van der Waals surface area contributed by atoms with Crippen molar-refractivity contribution in [1.29, 1.82) is 0 Å². The Kier molecular flexibility index (Phi) is 3.89. The molecular weight excluding hydrogens is 223 g/mol. The predicted molar refractivity (Wildman–Crippen MR) is 57.8 cm³/mol. The maximum absolute atomic E-state index is 5.63. The van der Waals surface area contributed by atoms with Crippen molar-refractivity contribution in [1.82, 2.24) is 15.0 Å². The summed E-state index contributed by atoms with van der Waals surface area (Å²) in [6.45, 7) is 6.24. The molecule has 78 valence electrons. The molecule has 0 spiro atoms. The molecule has 0 saturated carbocycles. The van der Waals surface area contributed by atoms with Gasteiger partial charge in [0, 0.05) is 6.04 Å². The van der Waals surface area contributed by atoms with Gasteiger partial charge in [0.2, 0.25) is 16.5 Å². The van der Waals surface area contributed by atoms with Crippen molar-refractivity contribution in [2.24, 2.45) is 5.92 Å². The van der Waals surface area contributed by atoms with E-state index < -0.39 is 0 Å². The summed E-state index contributed by atoms with van der Waals surface area (Å²) in [5.41, 5.74) is 0. The Hall–Kier alpha value is -0.610. The number of halogens is 2. The van der Waals surface area contributed by atoms with Crippen LogP contribution in [0.25, 0.3) is 0 Å². The van der Waals surface area contributed by atoms with Crippen molar-refractivity contribution in [2.45, 2.75) is 26.8 Å². The van der Waals surface area contributed by atoms with Crippen molar-refractivity contribution in [3.8, 4) is 0 Å². The van der Waals surface area contributed by atoms with Crippen molar-refractivity contribution < 1.29 is 0 Å². The van der Waals surface area contributed by atoms with Crippen LogP contribution in [0.3, 0.4) is 0 Å². The third-order valence-electron chi connectivity index (χ3n) is 1.94. The molecule has 0 aliphatic carbocycles. The molecule has 1 rings (SSSR count). The highest BCUT2D eigenvalue weighted by atomic mass is 35.5. The van der Waals surface area contributed by atoms with Gasteiger partial charge in [0.05, 0.1) is 0 Å². The Morgan fingerprint density at radius 2 is 1.50 bits per heavy atom. The SMILES string of the molecule is CC(C)C(C)Nc1nc(Cl)nc(Cl)n1. The molecule has 0 radical (unpaired) electrons. The van der Waals surface area contributed by atoms with E-state index in [1.807, 2.05) is 6.92 Å². The molecule has 1 aromatic rings. The van der Waals surface area contributed by atoms with Crippen LogP contribution in [0.1, 0.15) is 20.8 Å². The molecule has 1 atom stereocenters. The number of aromatic nitrogens is 3. The highest BCUT2D eigenvalue weighted by Crippen LogP contribution is 2.12. The second kappa shape index (κ2) is 4.75. The molecule has 6 heteroatoms. The number of rotatable bonds is 3. The standard InChI is InChI=1S/C8H12Cl2N4/c1-4(2)5(3)11-8-13-6(9)12-7(10)14-8/h4-5H,1-3H3,(H,11,12,13,14). The summed E-state index contributed by atoms with van der Waals surface area (Å²) in [4.78, 5) is 11.5. The Bertz CT molecular complexity index is 296. The molecule has 1 unspecified atom stereocenters. The minimum atomic E-state index is 0.100. The van der Waals surface area contributed by atoms with Crippen molar-refractivity contribution in [3.05, 3.63) is 10.6 Å². The molecular formula is C8H12Cl2N4. The Morgan fingerprint density at radius 3 is 1.93 bits per heavy atom. The average Bonchev–Trinajstić information content (AvgIpc) is 2.01. The summed E-state index contributed by atoms with van der Waals surface area (Å²) in [7, 11) is 0. The fourth-order valence-electron chi connectivity index (χ4n) is 0.761. The number of hydrogen-bond donors (Lipinski definition) is 1. The molecule has 0 aliphatic rings. The highest BCUT2D eigenvalue weighted by molar-refractivity contribution is 6.31. The zero-order chi connectivity index (χ0) is 10.7. The van der Waals surface area contributed by atoms with Crippen LogP contribution in [0.4, 0.5) is 5.95 Å². The van der Waals surface area contributed by atoms with Crippen LogP contribution in [-0.4, -0.2) is 21.0 Å². The number of nitrogens with one attached hydrogen (secondary N) is 1. The molecule has 4 nitrogen and oxygen atoms in total. The average molecular weight is 235 g/mol. The van der Waals surface area contributed by atoms with Gasteiger partial charge in [0.1, 0.15) is 0 Å². The summed E-state index contributed by atoms with van der Waals surface area (Å²) in [5.74, 6) is 0.889. The van der Waals surface area contributed by atoms with Gasteiger partial charge in [-0.2, -0.15) is 15.0 Å². The first kappa shape index (κ1) is 11.5. The Labute approximate surface area is 93.1 Å². The smallest absolute Gasteiger partial charge is 0.228 e. The van der Waals surface area contributed by atoms with Crippen molar-refractivity contribution in [3.63, 3.8) is 0 Å². The van der Waals surface area contributed by atoms with E-state index in [9.17, 15) is 0 Å². The summed E-state index contributed by atoms with van der Waals surface area (Å²) in [5, 5.41) is 3.29. The molecule has 0 aromatic carbocycles. The number of nitrogens with zero attached hydrogens (tertiary/aromatic N) is 3. The molecule has 0 bridgehead atoms. The van der Waals surface area contributed by atoms with Gasteiger partial charge in [-0.05, 0) is 36.0 Å². The van der Waals surface area contributed by atoms with E-state index in [2.05, 4.69) is 34.1 Å². The largest absolute Gasteiger partial charge is 0.351 e. The lowest BCUT2D eigenvalue weighted by Crippen LogP contribution is -2.23. The Balaban J connectivity index is 2.76. The summed E-state index contributed by atoms with van der Waals surface area (Å²) >= 11 is 11.3. The van der Waals surface area contributed by atoms with E-state index in [4.69, 9.17) is 23.2 Å². The lowest BCUT2D eigenvalue weighted by atomic mass is 10.1. The summed E-state index contributed by atoms with van der Waals surface area (Å²) in [6.07, 6.45) is 0. The minimum absolute atomic E-state index is 0.100. The quantitative estimate of drug-likeness (QED) is 0.874. The van der Waals surface area contributed by atoms with Gasteiger partial charge in [-0.15, -0.1) is 0 Å². The fraction of sp³-hybridized carbons (Fsp3) is 0.625. The van der Waals surface area contributed by atoms with Crippen molar-refractivity contribution in [2.75, 3.05) is 5.32 Å². The van der Waals surface area contributed by atoms with Gasteiger partial charge >= 0.3 is 0 Å². The Morgan fingerprint density at radius 1 is 1.00 bits per heavy atom. The van der Waals surface area contributed by atoms with E-state index in [-0.39, 0.29) is 16.6 Å². The lowest BCUT2D eigenvalue weighted by molar-refractivity contribution is 0.556. The third-order valence-corrected chi connectivity index (χ3v) is 2.28. The highest BCUT2D eigenvalue weighted by Gasteiger charge is 2.09. The van der Waals surface area contributed by atoms with Crippen LogP contribution in [0.5, 0.6) is 0 Å². The van der Waals surface area contributed by atoms with Crippen molar-refractivity contribution >= 4 is 29.2 Å². The van der Waals surface area contributed by atoms with E-state index in [1.54, 1.807) is 0 Å². The summed E-state index contributed by atoms with van der Waals surface area (Å²) in [6, 6.07) is 0.254. The number of anilines is 1. The van der Waals surface area contributed by atoms with Gasteiger partial charge in [-0.1, -0.05) is 13.8 Å². The van der Waals surface area contributed by atoms with Crippen LogP contribution in [0.2, 0.25) is 10.6 Å². The minimum Gasteiger partial charge on any atom is -0.351 e. The molecule has 1 heterocycles. The molecule has 0 fully saturated rings. The van der Waals surface area contributed by atoms with Crippen LogP contribution >= 0.6 is 23.2 Å². The first-order chi connectivity index (χ1) is 6.49. The van der Waals surface area contributed by atoms with Gasteiger partial charge in [-0.25, -0.2) is 0 Å². The maximum Gasteiger partial charge on any atom is 0.228 e. The van der Waals surface area contributed by atoms with E-state index >= 15 is 0 Å². The van der Waals surface area contributed by atoms with Crippen LogP contribution in [-0.2, 0) is 0 Å². The van der Waals surface area contributed by atoms with Gasteiger partial charge in [0.15, 0.2) is 0 Å². The van der Waals surface area contributed by atoms with Gasteiger partial charge < -0.3 is 5.32 Å². The fourth-order valence-corrected chi connectivity index (χ4v) is 1.12. The van der Waals surface area contributed by atoms with Crippen LogP contribution in [0.15, 0.2) is 0 Å².